The molecule has 2 aliphatic heterocycles. The Morgan fingerprint density at radius 1 is 1.22 bits per heavy atom. The van der Waals surface area contributed by atoms with Gasteiger partial charge in [-0.1, -0.05) is 40.9 Å². The second-order valence-corrected chi connectivity index (χ2v) is 9.51. The Labute approximate surface area is 248 Å². The van der Waals surface area contributed by atoms with Crippen molar-refractivity contribution in [3.63, 3.8) is 0 Å². The van der Waals surface area contributed by atoms with Crippen molar-refractivity contribution in [2.75, 3.05) is 45.1 Å². The molecule has 2 saturated heterocycles. The summed E-state index contributed by atoms with van der Waals surface area (Å²) in [6, 6.07) is 8.90. The quantitative estimate of drug-likeness (QED) is 0.295. The van der Waals surface area contributed by atoms with Crippen molar-refractivity contribution in [3.05, 3.63) is 65.5 Å². The van der Waals surface area contributed by atoms with Crippen molar-refractivity contribution >= 4 is 17.8 Å². The highest BCUT2D eigenvalue weighted by atomic mass is 16.2. The Bertz CT molecular complexity index is 1070. The highest BCUT2D eigenvalue weighted by Gasteiger charge is 2.42. The number of nitrogens with two attached hydrogens (primary N) is 2. The molecule has 1 spiro atoms. The minimum atomic E-state index is -0.115. The van der Waals surface area contributed by atoms with Crippen LogP contribution in [0.2, 0.25) is 0 Å². The number of carbonyl (C=O) groups excluding carboxylic acids is 1. The fourth-order valence-electron chi connectivity index (χ4n) is 4.57. The highest BCUT2D eigenvalue weighted by molar-refractivity contribution is 5.92. The molecule has 10 nitrogen and oxygen atoms in total. The third kappa shape index (κ3) is 11.9. The van der Waals surface area contributed by atoms with Crippen LogP contribution in [0.1, 0.15) is 66.9 Å². The molecule has 0 unspecified atom stereocenters. The topological polar surface area (TPSA) is 148 Å². The molecule has 2 aliphatic rings. The number of likely N-dealkylation sites (tertiary alicyclic amines) is 1. The predicted molar refractivity (Wildman–Crippen MR) is 173 cm³/mol. The number of hydrogen-bond acceptors (Lipinski definition) is 9. The first-order valence-corrected chi connectivity index (χ1v) is 14.0. The van der Waals surface area contributed by atoms with Gasteiger partial charge in [0.15, 0.2) is 0 Å². The molecule has 2 heterocycles. The lowest BCUT2D eigenvalue weighted by molar-refractivity contribution is -0.116. The van der Waals surface area contributed by atoms with Gasteiger partial charge in [0.25, 0.3) is 0 Å². The Hall–Kier alpha value is -4.13. The van der Waals surface area contributed by atoms with Crippen LogP contribution in [0.5, 0.6) is 0 Å². The molecular weight excluding hydrogens is 514 g/mol. The summed E-state index contributed by atoms with van der Waals surface area (Å²) in [5.41, 5.74) is 14.1. The Morgan fingerprint density at radius 2 is 1.83 bits per heavy atom. The normalized spacial score (nSPS) is 16.2. The first-order chi connectivity index (χ1) is 19.2. The third-order valence-electron chi connectivity index (χ3n) is 6.37. The maximum atomic E-state index is 12.6. The zero-order valence-electron chi connectivity index (χ0n) is 25.2. The predicted octanol–water partition coefficient (Wildman–Crippen LogP) is 4.07. The molecular formula is C31H53N9O. The number of rotatable bonds is 8. The van der Waals surface area contributed by atoms with Crippen LogP contribution >= 0.6 is 0 Å². The Morgan fingerprint density at radius 3 is 2.29 bits per heavy atom. The highest BCUT2D eigenvalue weighted by Crippen LogP contribution is 2.31. The maximum Gasteiger partial charge on any atom is 0.243 e. The molecule has 41 heavy (non-hydrogen) atoms. The zero-order valence-corrected chi connectivity index (χ0v) is 25.2. The van der Waals surface area contributed by atoms with Crippen LogP contribution in [0.3, 0.4) is 0 Å². The van der Waals surface area contributed by atoms with Gasteiger partial charge in [0.05, 0.1) is 35.2 Å². The lowest BCUT2D eigenvalue weighted by Gasteiger charge is -2.41. The van der Waals surface area contributed by atoms with E-state index in [0.29, 0.717) is 16.9 Å². The fraction of sp³-hybridized carbons (Fsp3) is 0.516. The summed E-state index contributed by atoms with van der Waals surface area (Å²) >= 11 is 0. The van der Waals surface area contributed by atoms with Crippen molar-refractivity contribution < 1.29 is 4.79 Å². The summed E-state index contributed by atoms with van der Waals surface area (Å²) in [6.07, 6.45) is 6.52. The summed E-state index contributed by atoms with van der Waals surface area (Å²) in [7, 11) is 1.71. The standard InChI is InChI=1S/C23H32N8O.C5H11N.C2H6.CH4/c1-4-27-22(20(25)14-26-3)30-11-9-23(10-12-30)16-31(17(2)29-23)15-21(32)28-19-7-5-18(13-24)6-8-19;1-3-4-5(2)6;1-2;/h5-8,14,27,29H,2,4,9-12,15-16,25H2,1,3H3,(H,28,32);4H,3,6H2,1-2H3;1-2H3;1H4/b22-20+,26-14?;5-4+;;. The molecule has 2 fully saturated rings. The van der Waals surface area contributed by atoms with E-state index in [2.05, 4.69) is 45.4 Å². The Kier molecular flexibility index (Phi) is 17.1. The van der Waals surface area contributed by atoms with E-state index in [9.17, 15) is 4.79 Å². The smallest absolute Gasteiger partial charge is 0.243 e. The van der Waals surface area contributed by atoms with Gasteiger partial charge in [-0.3, -0.25) is 9.79 Å². The van der Waals surface area contributed by atoms with Crippen LogP contribution < -0.4 is 27.4 Å². The Balaban J connectivity index is 0.00000158. The third-order valence-corrected chi connectivity index (χ3v) is 6.37. The van der Waals surface area contributed by atoms with E-state index in [-0.39, 0.29) is 25.4 Å². The summed E-state index contributed by atoms with van der Waals surface area (Å²) in [4.78, 5) is 20.8. The molecule has 0 atom stereocenters. The first-order valence-electron chi connectivity index (χ1n) is 14.0. The van der Waals surface area contributed by atoms with Gasteiger partial charge >= 0.3 is 0 Å². The average molecular weight is 568 g/mol. The lowest BCUT2D eigenvalue weighted by Crippen LogP contribution is -2.53. The lowest BCUT2D eigenvalue weighted by atomic mass is 9.88. The van der Waals surface area contributed by atoms with Gasteiger partial charge in [0.1, 0.15) is 5.82 Å². The van der Waals surface area contributed by atoms with E-state index in [1.54, 1.807) is 37.5 Å². The van der Waals surface area contributed by atoms with E-state index in [1.807, 2.05) is 38.7 Å². The maximum absolute atomic E-state index is 12.6. The van der Waals surface area contributed by atoms with Crippen molar-refractivity contribution in [3.8, 4) is 6.07 Å². The zero-order chi connectivity index (χ0) is 30.1. The number of carbonyl (C=O) groups is 1. The number of benzene rings is 1. The first kappa shape index (κ1) is 36.9. The molecule has 10 heteroatoms. The number of anilines is 1. The van der Waals surface area contributed by atoms with E-state index in [1.165, 1.54) is 0 Å². The molecule has 7 N–H and O–H groups in total. The second kappa shape index (κ2) is 19.0. The van der Waals surface area contributed by atoms with Gasteiger partial charge in [0.2, 0.25) is 5.91 Å². The van der Waals surface area contributed by atoms with E-state index in [4.69, 9.17) is 16.7 Å². The number of piperidine rings is 1. The molecule has 0 saturated carbocycles. The minimum absolute atomic E-state index is 0. The van der Waals surface area contributed by atoms with Crippen molar-refractivity contribution in [1.82, 2.24) is 20.4 Å². The van der Waals surface area contributed by atoms with E-state index >= 15 is 0 Å². The monoisotopic (exact) mass is 567 g/mol. The largest absolute Gasteiger partial charge is 0.403 e. The average Bonchev–Trinajstić information content (AvgIpc) is 3.23. The molecule has 3 rings (SSSR count). The number of aliphatic imine (C=N–C) groups is 1. The molecule has 1 aromatic carbocycles. The van der Waals surface area contributed by atoms with Gasteiger partial charge in [-0.15, -0.1) is 0 Å². The molecule has 0 bridgehead atoms. The number of hydrogen-bond donors (Lipinski definition) is 5. The van der Waals surface area contributed by atoms with Crippen LogP contribution in [0.4, 0.5) is 5.69 Å². The van der Waals surface area contributed by atoms with Crippen LogP contribution in [0, 0.1) is 11.3 Å². The molecule has 228 valence electrons. The number of allylic oxidation sites excluding steroid dienone is 3. The number of nitriles is 1. The SMILES string of the molecule is C.C=C1NC2(CCN(/C(NCC)=C(/N)C=NC)CC2)CN1CC(=O)Nc1ccc(C#N)cc1.CC.CC/C=C(\C)N. The van der Waals surface area contributed by atoms with Crippen molar-refractivity contribution in [1.29, 1.82) is 5.26 Å². The van der Waals surface area contributed by atoms with E-state index in [0.717, 1.165) is 62.8 Å². The van der Waals surface area contributed by atoms with Gasteiger partial charge in [-0.25, -0.2) is 0 Å². The summed E-state index contributed by atoms with van der Waals surface area (Å²) in [5.74, 6) is 1.58. The fourth-order valence-corrected chi connectivity index (χ4v) is 4.57. The van der Waals surface area contributed by atoms with Crippen LogP contribution in [-0.2, 0) is 4.79 Å². The second-order valence-electron chi connectivity index (χ2n) is 9.51. The van der Waals surface area contributed by atoms with Crippen LogP contribution in [0.25, 0.3) is 0 Å². The molecule has 0 radical (unpaired) electrons. The minimum Gasteiger partial charge on any atom is -0.403 e. The summed E-state index contributed by atoms with van der Waals surface area (Å²) in [5, 5.41) is 18.7. The molecule has 0 aliphatic carbocycles. The molecule has 1 amide bonds. The van der Waals surface area contributed by atoms with Gasteiger partial charge in [-0.05, 0) is 57.4 Å². The molecule has 1 aromatic rings. The van der Waals surface area contributed by atoms with Gasteiger partial charge in [-0.2, -0.15) is 5.26 Å². The van der Waals surface area contributed by atoms with Crippen molar-refractivity contribution in [2.24, 2.45) is 16.5 Å². The van der Waals surface area contributed by atoms with Crippen LogP contribution in [0.15, 0.2) is 64.9 Å². The van der Waals surface area contributed by atoms with Gasteiger partial charge in [0, 0.05) is 50.8 Å². The number of nitrogens with one attached hydrogen (secondary N) is 3. The summed E-state index contributed by atoms with van der Waals surface area (Å²) < 4.78 is 0. The van der Waals surface area contributed by atoms with Gasteiger partial charge < -0.3 is 37.2 Å². The number of amides is 1. The van der Waals surface area contributed by atoms with E-state index < -0.39 is 0 Å². The summed E-state index contributed by atoms with van der Waals surface area (Å²) in [6.45, 7) is 17.5. The number of nitrogens with zero attached hydrogens (tertiary/aromatic N) is 4. The van der Waals surface area contributed by atoms with Crippen molar-refractivity contribution in [2.45, 2.75) is 66.8 Å². The molecule has 0 aromatic heterocycles. The van der Waals surface area contributed by atoms with Crippen LogP contribution in [-0.4, -0.2) is 67.2 Å².